The molecule has 1 aliphatic rings. The molecule has 16 heavy (non-hydrogen) atoms. The van der Waals surface area contributed by atoms with Crippen LogP contribution in [0.2, 0.25) is 0 Å². The van der Waals surface area contributed by atoms with Crippen LogP contribution < -0.4 is 15.2 Å². The third-order valence-electron chi connectivity index (χ3n) is 2.53. The molecule has 0 fully saturated rings. The lowest BCUT2D eigenvalue weighted by Gasteiger charge is -2.15. The van der Waals surface area contributed by atoms with E-state index in [1.807, 2.05) is 13.8 Å². The highest BCUT2D eigenvalue weighted by Gasteiger charge is 2.43. The lowest BCUT2D eigenvalue weighted by Crippen LogP contribution is -2.26. The van der Waals surface area contributed by atoms with Crippen molar-refractivity contribution in [3.05, 3.63) is 23.8 Å². The molecule has 3 nitrogen and oxygen atoms in total. The van der Waals surface area contributed by atoms with E-state index < -0.39 is 6.29 Å². The molecule has 0 saturated heterocycles. The summed E-state index contributed by atoms with van der Waals surface area (Å²) in [6, 6.07) is 4.42. The molecule has 0 amide bonds. The van der Waals surface area contributed by atoms with Crippen LogP contribution in [0.3, 0.4) is 0 Å². The van der Waals surface area contributed by atoms with Gasteiger partial charge in [-0.2, -0.15) is 0 Å². The van der Waals surface area contributed by atoms with Gasteiger partial charge >= 0.3 is 6.29 Å². The zero-order valence-corrected chi connectivity index (χ0v) is 9.04. The molecule has 1 atom stereocenters. The van der Waals surface area contributed by atoms with Crippen LogP contribution in [0.5, 0.6) is 11.5 Å². The molecular formula is C11H13F2NO2. The van der Waals surface area contributed by atoms with Crippen LogP contribution in [0.1, 0.15) is 25.5 Å². The summed E-state index contributed by atoms with van der Waals surface area (Å²) in [6.45, 7) is 3.92. The van der Waals surface area contributed by atoms with Crippen LogP contribution in [0.4, 0.5) is 8.78 Å². The van der Waals surface area contributed by atoms with Crippen molar-refractivity contribution in [3.63, 3.8) is 0 Å². The van der Waals surface area contributed by atoms with Gasteiger partial charge < -0.3 is 15.2 Å². The van der Waals surface area contributed by atoms with Gasteiger partial charge in [0.1, 0.15) is 0 Å². The van der Waals surface area contributed by atoms with Gasteiger partial charge in [-0.05, 0) is 23.6 Å². The van der Waals surface area contributed by atoms with Gasteiger partial charge in [-0.3, -0.25) is 0 Å². The van der Waals surface area contributed by atoms with Gasteiger partial charge in [0.05, 0.1) is 0 Å². The predicted molar refractivity (Wildman–Crippen MR) is 54.4 cm³/mol. The average Bonchev–Trinajstić information content (AvgIpc) is 2.48. The highest BCUT2D eigenvalue weighted by atomic mass is 19.3. The van der Waals surface area contributed by atoms with Crippen molar-refractivity contribution in [3.8, 4) is 11.5 Å². The summed E-state index contributed by atoms with van der Waals surface area (Å²) in [7, 11) is 0. The van der Waals surface area contributed by atoms with E-state index >= 15 is 0 Å². The van der Waals surface area contributed by atoms with Crippen LogP contribution in [0.15, 0.2) is 18.2 Å². The third kappa shape index (κ3) is 1.95. The maximum Gasteiger partial charge on any atom is 0.586 e. The SMILES string of the molecule is CC(C)[C@@H](N)c1ccc2c(c1)OC(F)(F)O2. The summed E-state index contributed by atoms with van der Waals surface area (Å²) in [4.78, 5) is 0. The summed E-state index contributed by atoms with van der Waals surface area (Å²) in [5.74, 6) is 0.309. The largest absolute Gasteiger partial charge is 0.586 e. The quantitative estimate of drug-likeness (QED) is 0.847. The average molecular weight is 229 g/mol. The molecule has 1 aromatic carbocycles. The molecule has 88 valence electrons. The normalized spacial score (nSPS) is 18.9. The highest BCUT2D eigenvalue weighted by molar-refractivity contribution is 5.46. The molecule has 0 radical (unpaired) electrons. The van der Waals surface area contributed by atoms with Gasteiger partial charge in [0, 0.05) is 6.04 Å². The smallest absolute Gasteiger partial charge is 0.395 e. The van der Waals surface area contributed by atoms with Crippen molar-refractivity contribution >= 4 is 0 Å². The summed E-state index contributed by atoms with van der Waals surface area (Å²) in [6.07, 6.45) is -3.57. The predicted octanol–water partition coefficient (Wildman–Crippen LogP) is 2.66. The summed E-state index contributed by atoms with van der Waals surface area (Å²) < 4.78 is 34.2. The molecule has 1 aliphatic heterocycles. The molecule has 0 spiro atoms. The van der Waals surface area contributed by atoms with Gasteiger partial charge in [0.2, 0.25) is 0 Å². The first-order valence-electron chi connectivity index (χ1n) is 5.04. The first-order valence-corrected chi connectivity index (χ1v) is 5.04. The molecule has 0 aromatic heterocycles. The lowest BCUT2D eigenvalue weighted by molar-refractivity contribution is -0.286. The van der Waals surface area contributed by atoms with Crippen LogP contribution in [0, 0.1) is 5.92 Å². The monoisotopic (exact) mass is 229 g/mol. The van der Waals surface area contributed by atoms with Gasteiger partial charge in [0.15, 0.2) is 11.5 Å². The lowest BCUT2D eigenvalue weighted by atomic mass is 9.97. The first kappa shape index (κ1) is 11.1. The molecule has 0 saturated carbocycles. The Kier molecular flexibility index (Phi) is 2.50. The number of rotatable bonds is 2. The van der Waals surface area contributed by atoms with Crippen LogP contribution >= 0.6 is 0 Å². The molecule has 2 rings (SSSR count). The second kappa shape index (κ2) is 3.59. The standard InChI is InChI=1S/C11H13F2NO2/c1-6(2)10(14)7-3-4-8-9(5-7)16-11(12,13)15-8/h3-6,10H,14H2,1-2H3/t10-/m1/s1. The number of nitrogens with two attached hydrogens (primary N) is 1. The van der Waals surface area contributed by atoms with Gasteiger partial charge in [-0.25, -0.2) is 0 Å². The van der Waals surface area contributed by atoms with E-state index in [0.29, 0.717) is 0 Å². The van der Waals surface area contributed by atoms with Crippen molar-refractivity contribution < 1.29 is 18.3 Å². The maximum atomic E-state index is 12.8. The van der Waals surface area contributed by atoms with Crippen LogP contribution in [0.25, 0.3) is 0 Å². The molecule has 2 N–H and O–H groups in total. The molecule has 0 bridgehead atoms. The van der Waals surface area contributed by atoms with Gasteiger partial charge in [0.25, 0.3) is 0 Å². The Hall–Kier alpha value is -1.36. The zero-order chi connectivity index (χ0) is 11.9. The molecule has 5 heteroatoms. The second-order valence-electron chi connectivity index (χ2n) is 4.14. The fourth-order valence-corrected chi connectivity index (χ4v) is 1.56. The molecule has 1 heterocycles. The van der Waals surface area contributed by atoms with Crippen molar-refractivity contribution in [2.24, 2.45) is 11.7 Å². The summed E-state index contributed by atoms with van der Waals surface area (Å²) in [5, 5.41) is 0. The highest BCUT2D eigenvalue weighted by Crippen LogP contribution is 2.42. The van der Waals surface area contributed by atoms with Gasteiger partial charge in [-0.15, -0.1) is 8.78 Å². The van der Waals surface area contributed by atoms with Crippen molar-refractivity contribution in [1.82, 2.24) is 0 Å². The minimum Gasteiger partial charge on any atom is -0.395 e. The Morgan fingerprint density at radius 3 is 2.44 bits per heavy atom. The fraction of sp³-hybridized carbons (Fsp3) is 0.455. The van der Waals surface area contributed by atoms with Gasteiger partial charge in [-0.1, -0.05) is 19.9 Å². The van der Waals surface area contributed by atoms with Crippen molar-refractivity contribution in [2.75, 3.05) is 0 Å². The minimum atomic E-state index is -3.57. The number of hydrogen-bond acceptors (Lipinski definition) is 3. The van der Waals surface area contributed by atoms with E-state index in [4.69, 9.17) is 5.73 Å². The molecule has 1 aromatic rings. The summed E-state index contributed by atoms with van der Waals surface area (Å²) in [5.41, 5.74) is 6.67. The van der Waals surface area contributed by atoms with E-state index in [9.17, 15) is 8.78 Å². The van der Waals surface area contributed by atoms with Crippen LogP contribution in [-0.4, -0.2) is 6.29 Å². The number of alkyl halides is 2. The Bertz CT molecular complexity index is 407. The Morgan fingerprint density at radius 2 is 1.81 bits per heavy atom. The number of ether oxygens (including phenoxy) is 2. The topological polar surface area (TPSA) is 44.5 Å². The first-order chi connectivity index (χ1) is 7.39. The number of halogens is 2. The zero-order valence-electron chi connectivity index (χ0n) is 9.04. The van der Waals surface area contributed by atoms with E-state index in [0.717, 1.165) is 5.56 Å². The Balaban J connectivity index is 2.29. The minimum absolute atomic E-state index is 0.0404. The Labute approximate surface area is 92.1 Å². The van der Waals surface area contributed by atoms with Crippen molar-refractivity contribution in [1.29, 1.82) is 0 Å². The maximum absolute atomic E-state index is 12.8. The summed E-state index contributed by atoms with van der Waals surface area (Å²) >= 11 is 0. The number of fused-ring (bicyclic) bond motifs is 1. The van der Waals surface area contributed by atoms with E-state index in [2.05, 4.69) is 9.47 Å². The molecule has 0 aliphatic carbocycles. The van der Waals surface area contributed by atoms with E-state index in [1.165, 1.54) is 12.1 Å². The van der Waals surface area contributed by atoms with E-state index in [-0.39, 0.29) is 23.5 Å². The number of hydrogen-bond donors (Lipinski definition) is 1. The second-order valence-corrected chi connectivity index (χ2v) is 4.14. The van der Waals surface area contributed by atoms with Crippen molar-refractivity contribution in [2.45, 2.75) is 26.2 Å². The fourth-order valence-electron chi connectivity index (χ4n) is 1.56. The van der Waals surface area contributed by atoms with Crippen LogP contribution in [-0.2, 0) is 0 Å². The van der Waals surface area contributed by atoms with E-state index in [1.54, 1.807) is 6.07 Å². The number of benzene rings is 1. The Morgan fingerprint density at radius 1 is 1.19 bits per heavy atom. The molecule has 0 unspecified atom stereocenters. The molecular weight excluding hydrogens is 216 g/mol. The third-order valence-corrected chi connectivity index (χ3v) is 2.53.